The van der Waals surface area contributed by atoms with Crippen molar-refractivity contribution in [3.05, 3.63) is 210 Å². The summed E-state index contributed by atoms with van der Waals surface area (Å²) in [6.07, 6.45) is 0. The average molecular weight is 744 g/mol. The number of nitrogens with one attached hydrogen (secondary N) is 1. The second-order valence-electron chi connectivity index (χ2n) is 14.8. The second-order valence-corrected chi connectivity index (χ2v) is 14.8. The predicted octanol–water partition coefficient (Wildman–Crippen LogP) is 10.1. The molecule has 0 radical (unpaired) electrons. The van der Waals surface area contributed by atoms with Crippen molar-refractivity contribution in [2.45, 2.75) is 6.04 Å². The van der Waals surface area contributed by atoms with E-state index in [0.29, 0.717) is 17.5 Å². The fraction of sp³-hybridized carbons (Fsp3) is 0.0192. The summed E-state index contributed by atoms with van der Waals surface area (Å²) < 4.78 is 8.78. The Morgan fingerprint density at radius 1 is 0.431 bits per heavy atom. The maximum Gasteiger partial charge on any atom is 0.164 e. The van der Waals surface area contributed by atoms with Crippen LogP contribution >= 0.6 is 0 Å². The van der Waals surface area contributed by atoms with Gasteiger partial charge < -0.3 is 14.6 Å². The highest BCUT2D eigenvalue weighted by atomic mass is 16.5. The first-order valence-corrected chi connectivity index (χ1v) is 19.6. The molecule has 6 heteroatoms. The molecule has 1 atom stereocenters. The van der Waals surface area contributed by atoms with E-state index in [1.54, 1.807) is 0 Å². The normalized spacial score (nSPS) is 14.2. The van der Waals surface area contributed by atoms with Gasteiger partial charge in [0.25, 0.3) is 0 Å². The number of rotatable bonds is 5. The quantitative estimate of drug-likeness (QED) is 0.190. The van der Waals surface area contributed by atoms with Gasteiger partial charge in [0, 0.05) is 54.7 Å². The third kappa shape index (κ3) is 5.02. The zero-order chi connectivity index (χ0) is 38.2. The molecule has 58 heavy (non-hydrogen) atoms. The monoisotopic (exact) mass is 743 g/mol. The maximum atomic E-state index is 6.46. The van der Waals surface area contributed by atoms with E-state index in [2.05, 4.69) is 168 Å². The lowest BCUT2D eigenvalue weighted by Gasteiger charge is -2.24. The Bertz CT molecular complexity index is 3350. The molecule has 272 valence electrons. The van der Waals surface area contributed by atoms with Crippen molar-refractivity contribution in [2.24, 2.45) is 0 Å². The molecule has 0 aliphatic carbocycles. The molecule has 1 unspecified atom stereocenters. The molecule has 0 saturated heterocycles. The van der Waals surface area contributed by atoms with Crippen LogP contribution in [0.4, 0.5) is 0 Å². The lowest BCUT2D eigenvalue weighted by Crippen LogP contribution is -2.42. The van der Waals surface area contributed by atoms with Crippen molar-refractivity contribution in [1.29, 1.82) is 0 Å². The molecule has 0 amide bonds. The van der Waals surface area contributed by atoms with Crippen LogP contribution in [0.1, 0.15) is 17.2 Å². The van der Waals surface area contributed by atoms with Crippen LogP contribution < -0.4 is 20.5 Å². The molecule has 0 bridgehead atoms. The Morgan fingerprint density at radius 3 is 1.69 bits per heavy atom. The summed E-state index contributed by atoms with van der Waals surface area (Å²) in [5.74, 6) is 3.70. The van der Waals surface area contributed by atoms with Gasteiger partial charge in [-0.2, -0.15) is 0 Å². The van der Waals surface area contributed by atoms with Crippen LogP contribution in [0.15, 0.2) is 188 Å². The number of benzene rings is 8. The van der Waals surface area contributed by atoms with Crippen LogP contribution in [0.2, 0.25) is 0 Å². The third-order valence-corrected chi connectivity index (χ3v) is 11.5. The van der Waals surface area contributed by atoms with E-state index in [4.69, 9.17) is 19.7 Å². The molecule has 0 fully saturated rings. The molecule has 4 heterocycles. The van der Waals surface area contributed by atoms with Crippen molar-refractivity contribution in [3.8, 4) is 45.6 Å². The van der Waals surface area contributed by atoms with Crippen LogP contribution in [0.3, 0.4) is 0 Å². The Morgan fingerprint density at radius 2 is 0.966 bits per heavy atom. The molecule has 1 N–H and O–H groups in total. The van der Waals surface area contributed by atoms with Crippen molar-refractivity contribution in [3.63, 3.8) is 0 Å². The van der Waals surface area contributed by atoms with E-state index in [9.17, 15) is 0 Å². The zero-order valence-corrected chi connectivity index (χ0v) is 31.2. The van der Waals surface area contributed by atoms with E-state index in [1.807, 2.05) is 30.3 Å². The number of para-hydroxylation sites is 3. The minimum Gasteiger partial charge on any atom is -0.458 e. The Balaban J connectivity index is 1.01. The Kier molecular flexibility index (Phi) is 7.19. The average Bonchev–Trinajstić information content (AvgIpc) is 3.85. The molecule has 2 aromatic heterocycles. The first-order valence-electron chi connectivity index (χ1n) is 19.6. The van der Waals surface area contributed by atoms with Crippen LogP contribution in [-0.4, -0.2) is 19.5 Å². The van der Waals surface area contributed by atoms with E-state index >= 15 is 0 Å². The lowest BCUT2D eigenvalue weighted by molar-refractivity contribution is 0.501. The van der Waals surface area contributed by atoms with Gasteiger partial charge in [0.2, 0.25) is 0 Å². The molecule has 8 aromatic carbocycles. The molecule has 6 nitrogen and oxygen atoms in total. The van der Waals surface area contributed by atoms with Gasteiger partial charge in [-0.1, -0.05) is 140 Å². The van der Waals surface area contributed by atoms with Gasteiger partial charge in [-0.3, -0.25) is 0 Å². The van der Waals surface area contributed by atoms with Crippen molar-refractivity contribution in [1.82, 2.24) is 24.8 Å². The number of ether oxygens (including phenoxy) is 1. The summed E-state index contributed by atoms with van der Waals surface area (Å²) in [5.41, 5.74) is 9.51. The van der Waals surface area contributed by atoms with E-state index in [1.165, 1.54) is 21.8 Å². The molecule has 12 rings (SSSR count). The van der Waals surface area contributed by atoms with Gasteiger partial charge >= 0.3 is 0 Å². The third-order valence-electron chi connectivity index (χ3n) is 11.5. The summed E-state index contributed by atoms with van der Waals surface area (Å²) in [4.78, 5) is 15.5. The van der Waals surface area contributed by atoms with Crippen LogP contribution in [-0.2, 0) is 0 Å². The number of hydrogen-bond donors (Lipinski definition) is 1. The van der Waals surface area contributed by atoms with Crippen molar-refractivity contribution >= 4 is 44.0 Å². The fourth-order valence-electron chi connectivity index (χ4n) is 8.86. The molecule has 0 spiro atoms. The molecule has 2 aliphatic heterocycles. The van der Waals surface area contributed by atoms with Gasteiger partial charge in [0.15, 0.2) is 17.5 Å². The van der Waals surface area contributed by atoms with Crippen LogP contribution in [0, 0.1) is 0 Å². The lowest BCUT2D eigenvalue weighted by atomic mass is 9.93. The number of fused-ring (bicyclic) bond motifs is 8. The summed E-state index contributed by atoms with van der Waals surface area (Å²) in [7, 11) is 0. The van der Waals surface area contributed by atoms with Gasteiger partial charge in [0.05, 0.1) is 16.7 Å². The number of hydrogen-bond acceptors (Lipinski definition) is 5. The number of aromatic nitrogens is 4. The first-order chi connectivity index (χ1) is 28.8. The molecular formula is C52H33N5O. The van der Waals surface area contributed by atoms with Crippen molar-refractivity contribution in [2.75, 3.05) is 0 Å². The van der Waals surface area contributed by atoms with E-state index < -0.39 is 0 Å². The molecule has 2 aliphatic rings. The first kappa shape index (κ1) is 32.4. The second kappa shape index (κ2) is 12.9. The van der Waals surface area contributed by atoms with Crippen molar-refractivity contribution < 1.29 is 4.74 Å². The van der Waals surface area contributed by atoms with E-state index in [-0.39, 0.29) is 6.04 Å². The summed E-state index contributed by atoms with van der Waals surface area (Å²) in [6.45, 7) is 0. The maximum absolute atomic E-state index is 6.46. The topological polar surface area (TPSA) is 64.9 Å². The van der Waals surface area contributed by atoms with Gasteiger partial charge in [-0.15, -0.1) is 0 Å². The smallest absolute Gasteiger partial charge is 0.164 e. The molecule has 10 aromatic rings. The Hall–Kier alpha value is -7.83. The summed E-state index contributed by atoms with van der Waals surface area (Å²) in [6, 6.07) is 65.5. The van der Waals surface area contributed by atoms with Crippen LogP contribution in [0.25, 0.3) is 83.9 Å². The highest BCUT2D eigenvalue weighted by Gasteiger charge is 2.34. The Labute approximate surface area is 333 Å². The minimum atomic E-state index is -0.0830. The fourth-order valence-corrected chi connectivity index (χ4v) is 8.86. The predicted molar refractivity (Wildman–Crippen MR) is 233 cm³/mol. The van der Waals surface area contributed by atoms with Crippen LogP contribution in [0.5, 0.6) is 5.75 Å². The zero-order valence-electron chi connectivity index (χ0n) is 31.2. The van der Waals surface area contributed by atoms with Gasteiger partial charge in [-0.25, -0.2) is 15.0 Å². The SMILES string of the molecule is c1ccc(-c2nc(-c3ccc(-n4c5ccccc5c5ccccc54)cc3)nc(-c3ccc(C4=c5ccccc5=C5Oc6ccccc6C5N4)c4ccccc34)n2)cc1. The van der Waals surface area contributed by atoms with E-state index in [0.717, 1.165) is 71.9 Å². The summed E-state index contributed by atoms with van der Waals surface area (Å²) in [5, 5.41) is 10.7. The number of nitrogens with zero attached hydrogens (tertiary/aromatic N) is 4. The minimum absolute atomic E-state index is 0.0830. The largest absolute Gasteiger partial charge is 0.458 e. The molecule has 0 saturated carbocycles. The highest BCUT2D eigenvalue weighted by molar-refractivity contribution is 6.09. The van der Waals surface area contributed by atoms with Gasteiger partial charge in [-0.05, 0) is 59.3 Å². The standard InChI is InChI=1S/C52H33N5O/c1-2-14-32(15-3-1)50-54-51(33-26-28-34(29-27-33)57-44-23-11-8-18-37(44)38-19-9-12-24-45(38)57)56-52(55-50)42-31-30-40(35-16-4-5-17-36(35)42)47-39-20-6-7-21-41(39)49-48(53-47)43-22-10-13-25-46(43)58-49/h1-31,48,53H. The highest BCUT2D eigenvalue weighted by Crippen LogP contribution is 2.42. The summed E-state index contributed by atoms with van der Waals surface area (Å²) >= 11 is 0. The molecular weight excluding hydrogens is 711 g/mol. The van der Waals surface area contributed by atoms with Gasteiger partial charge in [0.1, 0.15) is 17.6 Å².